The van der Waals surface area contributed by atoms with Gasteiger partial charge in [0.05, 0.1) is 12.2 Å². The van der Waals surface area contributed by atoms with E-state index >= 15 is 0 Å². The number of rotatable bonds is 5. The fourth-order valence-corrected chi connectivity index (χ4v) is 3.09. The van der Waals surface area contributed by atoms with E-state index in [1.807, 2.05) is 30.3 Å². The molecule has 0 aromatic heterocycles. The van der Waals surface area contributed by atoms with E-state index in [0.717, 1.165) is 5.69 Å². The molecule has 2 aromatic carbocycles. The molecular formula is C20H23N3O3. The Hall–Kier alpha value is -2.86. The standard InChI is InChI=1S/C20H23N3O3/c24-18-9-5-4-8-17(18)22-20(26)15-10-12-23(13-11-15)14-19(25)21-16-6-2-1-3-7-16/h1-9,15,24H,10-14H2,(H,21,25)(H,22,26). The van der Waals surface area contributed by atoms with Crippen LogP contribution in [0.15, 0.2) is 54.6 Å². The molecule has 1 saturated heterocycles. The first-order chi connectivity index (χ1) is 12.6. The van der Waals surface area contributed by atoms with E-state index in [0.29, 0.717) is 38.2 Å². The molecular weight excluding hydrogens is 330 g/mol. The van der Waals surface area contributed by atoms with Gasteiger partial charge in [-0.3, -0.25) is 14.5 Å². The summed E-state index contributed by atoms with van der Waals surface area (Å²) in [6.45, 7) is 1.71. The monoisotopic (exact) mass is 353 g/mol. The first-order valence-electron chi connectivity index (χ1n) is 8.78. The average Bonchev–Trinajstić information content (AvgIpc) is 2.65. The third-order valence-corrected chi connectivity index (χ3v) is 4.55. The summed E-state index contributed by atoms with van der Waals surface area (Å²) in [5.74, 6) is -0.174. The molecule has 0 radical (unpaired) electrons. The third kappa shape index (κ3) is 4.83. The van der Waals surface area contributed by atoms with Crippen LogP contribution >= 0.6 is 0 Å². The van der Waals surface area contributed by atoms with Crippen molar-refractivity contribution in [3.63, 3.8) is 0 Å². The number of nitrogens with one attached hydrogen (secondary N) is 2. The highest BCUT2D eigenvalue weighted by Crippen LogP contribution is 2.24. The van der Waals surface area contributed by atoms with Crippen molar-refractivity contribution in [3.05, 3.63) is 54.6 Å². The van der Waals surface area contributed by atoms with Gasteiger partial charge in [-0.15, -0.1) is 0 Å². The maximum atomic E-state index is 12.4. The zero-order valence-corrected chi connectivity index (χ0v) is 14.5. The minimum atomic E-state index is -0.108. The second kappa shape index (κ2) is 8.49. The van der Waals surface area contributed by atoms with Crippen LogP contribution in [0, 0.1) is 5.92 Å². The molecule has 6 heteroatoms. The molecule has 6 nitrogen and oxygen atoms in total. The summed E-state index contributed by atoms with van der Waals surface area (Å²) in [4.78, 5) is 26.5. The number of carbonyl (C=O) groups excluding carboxylic acids is 2. The second-order valence-corrected chi connectivity index (χ2v) is 6.47. The van der Waals surface area contributed by atoms with Gasteiger partial charge >= 0.3 is 0 Å². The number of nitrogens with zero attached hydrogens (tertiary/aromatic N) is 1. The fraction of sp³-hybridized carbons (Fsp3) is 0.300. The van der Waals surface area contributed by atoms with Gasteiger partial charge in [-0.05, 0) is 50.2 Å². The van der Waals surface area contributed by atoms with Crippen LogP contribution in [0.1, 0.15) is 12.8 Å². The molecule has 0 atom stereocenters. The predicted octanol–water partition coefficient (Wildman–Crippen LogP) is 2.68. The molecule has 1 fully saturated rings. The largest absolute Gasteiger partial charge is 0.506 e. The van der Waals surface area contributed by atoms with Crippen molar-refractivity contribution in [2.45, 2.75) is 12.8 Å². The van der Waals surface area contributed by atoms with Crippen LogP contribution in [0.25, 0.3) is 0 Å². The number of amides is 2. The van der Waals surface area contributed by atoms with E-state index in [2.05, 4.69) is 15.5 Å². The van der Waals surface area contributed by atoms with E-state index < -0.39 is 0 Å². The van der Waals surface area contributed by atoms with Gasteiger partial charge in [-0.1, -0.05) is 30.3 Å². The van der Waals surface area contributed by atoms with Crippen molar-refractivity contribution >= 4 is 23.2 Å². The van der Waals surface area contributed by atoms with E-state index in [9.17, 15) is 14.7 Å². The number of piperidine rings is 1. The third-order valence-electron chi connectivity index (χ3n) is 4.55. The molecule has 1 heterocycles. The van der Waals surface area contributed by atoms with E-state index in [-0.39, 0.29) is 23.5 Å². The van der Waals surface area contributed by atoms with Crippen molar-refractivity contribution in [2.24, 2.45) is 5.92 Å². The Morgan fingerprint density at radius 2 is 1.62 bits per heavy atom. The first kappa shape index (κ1) is 17.9. The van der Waals surface area contributed by atoms with Gasteiger partial charge in [0.15, 0.2) is 0 Å². The van der Waals surface area contributed by atoms with Gasteiger partial charge in [-0.25, -0.2) is 0 Å². The molecule has 3 N–H and O–H groups in total. The Balaban J connectivity index is 1.44. The molecule has 0 bridgehead atoms. The number of hydrogen-bond acceptors (Lipinski definition) is 4. The Bertz CT molecular complexity index is 756. The molecule has 2 aromatic rings. The second-order valence-electron chi connectivity index (χ2n) is 6.47. The minimum Gasteiger partial charge on any atom is -0.506 e. The molecule has 136 valence electrons. The molecule has 1 aliphatic heterocycles. The zero-order valence-electron chi connectivity index (χ0n) is 14.5. The quantitative estimate of drug-likeness (QED) is 0.722. The molecule has 0 aliphatic carbocycles. The topological polar surface area (TPSA) is 81.7 Å². The van der Waals surface area contributed by atoms with Gasteiger partial charge in [0.2, 0.25) is 11.8 Å². The van der Waals surface area contributed by atoms with Gasteiger partial charge in [-0.2, -0.15) is 0 Å². The molecule has 0 saturated carbocycles. The van der Waals surface area contributed by atoms with Crippen molar-refractivity contribution in [1.29, 1.82) is 0 Å². The molecule has 3 rings (SSSR count). The van der Waals surface area contributed by atoms with Crippen molar-refractivity contribution < 1.29 is 14.7 Å². The molecule has 2 amide bonds. The summed E-state index contributed by atoms with van der Waals surface area (Å²) < 4.78 is 0. The number of phenolic OH excluding ortho intramolecular Hbond substituents is 1. The smallest absolute Gasteiger partial charge is 0.238 e. The molecule has 0 spiro atoms. The Kier molecular flexibility index (Phi) is 5.86. The normalized spacial score (nSPS) is 15.4. The molecule has 1 aliphatic rings. The first-order valence-corrected chi connectivity index (χ1v) is 8.78. The van der Waals surface area contributed by atoms with Crippen LogP contribution in [0.2, 0.25) is 0 Å². The summed E-state index contributed by atoms with van der Waals surface area (Å²) in [5.41, 5.74) is 1.22. The maximum absolute atomic E-state index is 12.4. The number of anilines is 2. The summed E-state index contributed by atoms with van der Waals surface area (Å²) in [7, 11) is 0. The van der Waals surface area contributed by atoms with Crippen LogP contribution in [0.4, 0.5) is 11.4 Å². The lowest BCUT2D eigenvalue weighted by Crippen LogP contribution is -2.41. The average molecular weight is 353 g/mol. The summed E-state index contributed by atoms with van der Waals surface area (Å²) in [5, 5.41) is 15.4. The molecule has 26 heavy (non-hydrogen) atoms. The van der Waals surface area contributed by atoms with Crippen LogP contribution in [0.5, 0.6) is 5.75 Å². The van der Waals surface area contributed by atoms with E-state index in [1.165, 1.54) is 0 Å². The van der Waals surface area contributed by atoms with Crippen molar-refractivity contribution in [3.8, 4) is 5.75 Å². The lowest BCUT2D eigenvalue weighted by atomic mass is 9.95. The summed E-state index contributed by atoms with van der Waals surface area (Å²) in [6, 6.07) is 16.1. The SMILES string of the molecule is O=C(CN1CCC(C(=O)Nc2ccccc2O)CC1)Nc1ccccc1. The van der Waals surface area contributed by atoms with Crippen molar-refractivity contribution in [1.82, 2.24) is 4.90 Å². The highest BCUT2D eigenvalue weighted by molar-refractivity contribution is 5.94. The van der Waals surface area contributed by atoms with Gasteiger partial charge < -0.3 is 15.7 Å². The Morgan fingerprint density at radius 1 is 0.962 bits per heavy atom. The number of phenols is 1. The lowest BCUT2D eigenvalue weighted by molar-refractivity contribution is -0.121. The van der Waals surface area contributed by atoms with Crippen LogP contribution in [0.3, 0.4) is 0 Å². The minimum absolute atomic E-state index is 0.0479. The number of benzene rings is 2. The highest BCUT2D eigenvalue weighted by atomic mass is 16.3. The zero-order chi connectivity index (χ0) is 18.4. The van der Waals surface area contributed by atoms with Crippen LogP contribution in [-0.4, -0.2) is 41.5 Å². The van der Waals surface area contributed by atoms with Crippen LogP contribution in [-0.2, 0) is 9.59 Å². The number of para-hydroxylation sites is 3. The van der Waals surface area contributed by atoms with Crippen molar-refractivity contribution in [2.75, 3.05) is 30.3 Å². The number of likely N-dealkylation sites (tertiary alicyclic amines) is 1. The number of hydrogen-bond donors (Lipinski definition) is 3. The number of carbonyl (C=O) groups is 2. The Morgan fingerprint density at radius 3 is 2.31 bits per heavy atom. The Labute approximate surface area is 152 Å². The maximum Gasteiger partial charge on any atom is 0.238 e. The van der Waals surface area contributed by atoms with Crippen LogP contribution < -0.4 is 10.6 Å². The summed E-state index contributed by atoms with van der Waals surface area (Å²) >= 11 is 0. The number of aromatic hydroxyl groups is 1. The summed E-state index contributed by atoms with van der Waals surface area (Å²) in [6.07, 6.45) is 1.39. The molecule has 0 unspecified atom stereocenters. The van der Waals surface area contributed by atoms with Gasteiger partial charge in [0, 0.05) is 11.6 Å². The van der Waals surface area contributed by atoms with E-state index in [1.54, 1.807) is 24.3 Å². The lowest BCUT2D eigenvalue weighted by Gasteiger charge is -2.30. The van der Waals surface area contributed by atoms with Gasteiger partial charge in [0.25, 0.3) is 0 Å². The fourth-order valence-electron chi connectivity index (χ4n) is 3.09. The predicted molar refractivity (Wildman–Crippen MR) is 101 cm³/mol. The van der Waals surface area contributed by atoms with E-state index in [4.69, 9.17) is 0 Å². The highest BCUT2D eigenvalue weighted by Gasteiger charge is 2.26. The van der Waals surface area contributed by atoms with Gasteiger partial charge in [0.1, 0.15) is 5.75 Å².